The maximum Gasteiger partial charge on any atom is 0.320 e. The molecule has 0 radical (unpaired) electrons. The predicted molar refractivity (Wildman–Crippen MR) is 53.7 cm³/mol. The smallest absolute Gasteiger partial charge is 0.320 e. The molecule has 0 aromatic carbocycles. The maximum atomic E-state index is 10.8. The normalized spacial score (nSPS) is 12.2. The van der Waals surface area contributed by atoms with Crippen molar-refractivity contribution in [3.63, 3.8) is 0 Å². The van der Waals surface area contributed by atoms with Crippen molar-refractivity contribution < 1.29 is 19.8 Å². The van der Waals surface area contributed by atoms with E-state index in [1.165, 1.54) is 6.33 Å². The average Bonchev–Trinajstić information content (AvgIpc) is 2.69. The van der Waals surface area contributed by atoms with E-state index in [4.69, 9.17) is 10.2 Å². The molecule has 88 valence electrons. The molecule has 1 heterocycles. The van der Waals surface area contributed by atoms with Gasteiger partial charge in [-0.2, -0.15) is 0 Å². The summed E-state index contributed by atoms with van der Waals surface area (Å²) in [7, 11) is 0. The molecular weight excluding hydrogens is 214 g/mol. The molecule has 16 heavy (non-hydrogen) atoms. The van der Waals surface area contributed by atoms with Gasteiger partial charge in [-0.1, -0.05) is 0 Å². The van der Waals surface area contributed by atoms with E-state index in [0.29, 0.717) is 6.54 Å². The number of aromatic amines is 1. The van der Waals surface area contributed by atoms with Crippen LogP contribution in [0.2, 0.25) is 0 Å². The second kappa shape index (κ2) is 5.86. The van der Waals surface area contributed by atoms with Crippen molar-refractivity contribution in [2.24, 2.45) is 0 Å². The zero-order valence-corrected chi connectivity index (χ0v) is 8.51. The van der Waals surface area contributed by atoms with Gasteiger partial charge in [0.05, 0.1) is 6.33 Å². The first-order valence-electron chi connectivity index (χ1n) is 4.75. The van der Waals surface area contributed by atoms with Gasteiger partial charge in [0.15, 0.2) is 0 Å². The van der Waals surface area contributed by atoms with Gasteiger partial charge in [0.2, 0.25) is 0 Å². The topological polar surface area (TPSA) is 115 Å². The molecule has 0 saturated carbocycles. The monoisotopic (exact) mass is 227 g/mol. The first-order chi connectivity index (χ1) is 7.59. The first-order valence-corrected chi connectivity index (χ1v) is 4.75. The summed E-state index contributed by atoms with van der Waals surface area (Å²) in [4.78, 5) is 27.7. The minimum Gasteiger partial charge on any atom is -0.481 e. The summed E-state index contributed by atoms with van der Waals surface area (Å²) < 4.78 is 0. The SMILES string of the molecule is O=C(O)CCC(NCc1cnc[nH]1)C(=O)O. The van der Waals surface area contributed by atoms with Crippen molar-refractivity contribution >= 4 is 11.9 Å². The maximum absolute atomic E-state index is 10.8. The van der Waals surface area contributed by atoms with Gasteiger partial charge in [0.1, 0.15) is 6.04 Å². The number of hydrogen-bond donors (Lipinski definition) is 4. The summed E-state index contributed by atoms with van der Waals surface area (Å²) in [6.45, 7) is 0.316. The van der Waals surface area contributed by atoms with E-state index in [9.17, 15) is 9.59 Å². The second-order valence-electron chi connectivity index (χ2n) is 3.28. The van der Waals surface area contributed by atoms with Crippen molar-refractivity contribution in [2.45, 2.75) is 25.4 Å². The third-order valence-corrected chi connectivity index (χ3v) is 2.04. The quantitative estimate of drug-likeness (QED) is 0.513. The molecule has 1 unspecified atom stereocenters. The van der Waals surface area contributed by atoms with Crippen LogP contribution in [0.4, 0.5) is 0 Å². The Morgan fingerprint density at radius 3 is 2.75 bits per heavy atom. The number of H-pyrrole nitrogens is 1. The Bertz CT molecular complexity index is 350. The summed E-state index contributed by atoms with van der Waals surface area (Å²) in [5, 5.41) is 20.0. The molecule has 1 aromatic heterocycles. The van der Waals surface area contributed by atoms with Crippen LogP contribution in [-0.4, -0.2) is 38.2 Å². The summed E-state index contributed by atoms with van der Waals surface area (Å²) in [5.74, 6) is -2.06. The van der Waals surface area contributed by atoms with Crippen LogP contribution in [-0.2, 0) is 16.1 Å². The largest absolute Gasteiger partial charge is 0.481 e. The Labute approximate surface area is 91.5 Å². The molecule has 7 nitrogen and oxygen atoms in total. The fourth-order valence-corrected chi connectivity index (χ4v) is 1.20. The minimum absolute atomic E-state index is 0.0544. The Balaban J connectivity index is 2.39. The van der Waals surface area contributed by atoms with Gasteiger partial charge >= 0.3 is 11.9 Å². The molecule has 0 fully saturated rings. The summed E-state index contributed by atoms with van der Waals surface area (Å²) >= 11 is 0. The number of carbonyl (C=O) groups is 2. The summed E-state index contributed by atoms with van der Waals surface area (Å²) in [6.07, 6.45) is 2.94. The number of rotatable bonds is 7. The van der Waals surface area contributed by atoms with Crippen LogP contribution in [0.3, 0.4) is 0 Å². The number of carboxylic acids is 2. The molecule has 7 heteroatoms. The minimum atomic E-state index is -1.05. The standard InChI is InChI=1S/C9H13N3O4/c13-8(14)2-1-7(9(15)16)11-4-6-3-10-5-12-6/h3,5,7,11H,1-2,4H2,(H,10,12)(H,13,14)(H,15,16). The molecule has 0 aliphatic carbocycles. The molecule has 0 bridgehead atoms. The number of hydrogen-bond acceptors (Lipinski definition) is 4. The van der Waals surface area contributed by atoms with E-state index in [0.717, 1.165) is 5.69 Å². The van der Waals surface area contributed by atoms with E-state index in [1.54, 1.807) is 6.20 Å². The molecule has 1 rings (SSSR count). The van der Waals surface area contributed by atoms with Gasteiger partial charge in [0, 0.05) is 24.9 Å². The molecule has 0 spiro atoms. The Morgan fingerprint density at radius 1 is 1.50 bits per heavy atom. The van der Waals surface area contributed by atoms with Crippen LogP contribution >= 0.6 is 0 Å². The number of nitrogens with one attached hydrogen (secondary N) is 2. The molecule has 1 aromatic rings. The van der Waals surface area contributed by atoms with E-state index in [-0.39, 0.29) is 12.8 Å². The highest BCUT2D eigenvalue weighted by Crippen LogP contribution is 2.00. The van der Waals surface area contributed by atoms with Crippen molar-refractivity contribution in [1.29, 1.82) is 0 Å². The van der Waals surface area contributed by atoms with Crippen molar-refractivity contribution in [3.8, 4) is 0 Å². The molecule has 1 atom stereocenters. The van der Waals surface area contributed by atoms with Gasteiger partial charge in [0.25, 0.3) is 0 Å². The van der Waals surface area contributed by atoms with E-state index >= 15 is 0 Å². The fourth-order valence-electron chi connectivity index (χ4n) is 1.20. The fraction of sp³-hybridized carbons (Fsp3) is 0.444. The van der Waals surface area contributed by atoms with E-state index in [1.807, 2.05) is 0 Å². The highest BCUT2D eigenvalue weighted by atomic mass is 16.4. The van der Waals surface area contributed by atoms with Gasteiger partial charge in [-0.25, -0.2) is 4.98 Å². The van der Waals surface area contributed by atoms with Gasteiger partial charge in [-0.05, 0) is 6.42 Å². The zero-order chi connectivity index (χ0) is 12.0. The Hall–Kier alpha value is -1.89. The number of carboxylic acid groups (broad SMARTS) is 2. The highest BCUT2D eigenvalue weighted by molar-refractivity contribution is 5.75. The van der Waals surface area contributed by atoms with Gasteiger partial charge in [-0.3, -0.25) is 14.9 Å². The van der Waals surface area contributed by atoms with Crippen LogP contribution < -0.4 is 5.32 Å². The lowest BCUT2D eigenvalue weighted by Gasteiger charge is -2.12. The van der Waals surface area contributed by atoms with Crippen LogP contribution in [0.5, 0.6) is 0 Å². The molecule has 0 amide bonds. The number of imidazole rings is 1. The van der Waals surface area contributed by atoms with Crippen LogP contribution in [0.25, 0.3) is 0 Å². The van der Waals surface area contributed by atoms with Gasteiger partial charge in [-0.15, -0.1) is 0 Å². The van der Waals surface area contributed by atoms with Crippen LogP contribution in [0.1, 0.15) is 18.5 Å². The highest BCUT2D eigenvalue weighted by Gasteiger charge is 2.17. The molecule has 0 saturated heterocycles. The Kier molecular flexibility index (Phi) is 4.46. The van der Waals surface area contributed by atoms with Crippen molar-refractivity contribution in [3.05, 3.63) is 18.2 Å². The lowest BCUT2D eigenvalue weighted by atomic mass is 10.1. The summed E-state index contributed by atoms with van der Waals surface area (Å²) in [5.41, 5.74) is 0.751. The molecular formula is C9H13N3O4. The van der Waals surface area contributed by atoms with E-state index in [2.05, 4.69) is 15.3 Å². The van der Waals surface area contributed by atoms with Crippen LogP contribution in [0.15, 0.2) is 12.5 Å². The Morgan fingerprint density at radius 2 is 2.25 bits per heavy atom. The molecule has 4 N–H and O–H groups in total. The third kappa shape index (κ3) is 4.09. The molecule has 0 aliphatic heterocycles. The first kappa shape index (κ1) is 12.2. The van der Waals surface area contributed by atoms with Gasteiger partial charge < -0.3 is 15.2 Å². The van der Waals surface area contributed by atoms with E-state index < -0.39 is 18.0 Å². The number of aromatic nitrogens is 2. The second-order valence-corrected chi connectivity index (χ2v) is 3.28. The zero-order valence-electron chi connectivity index (χ0n) is 8.51. The van der Waals surface area contributed by atoms with Crippen LogP contribution in [0, 0.1) is 0 Å². The average molecular weight is 227 g/mol. The lowest BCUT2D eigenvalue weighted by molar-refractivity contribution is -0.140. The third-order valence-electron chi connectivity index (χ3n) is 2.04. The summed E-state index contributed by atoms with van der Waals surface area (Å²) in [6, 6.07) is -0.862. The number of nitrogens with zero attached hydrogens (tertiary/aromatic N) is 1. The lowest BCUT2D eigenvalue weighted by Crippen LogP contribution is -2.36. The van der Waals surface area contributed by atoms with Crippen molar-refractivity contribution in [1.82, 2.24) is 15.3 Å². The van der Waals surface area contributed by atoms with Crippen molar-refractivity contribution in [2.75, 3.05) is 0 Å². The number of aliphatic carboxylic acids is 2. The predicted octanol–water partition coefficient (Wildman–Crippen LogP) is -0.183. The molecule has 0 aliphatic rings.